The highest BCUT2D eigenvalue weighted by molar-refractivity contribution is 5.88. The zero-order valence-electron chi connectivity index (χ0n) is 18.3. The number of rotatable bonds is 9. The van der Waals surface area contributed by atoms with E-state index in [1.54, 1.807) is 13.8 Å². The van der Waals surface area contributed by atoms with Gasteiger partial charge in [0.05, 0.1) is 6.54 Å². The van der Waals surface area contributed by atoms with Gasteiger partial charge >= 0.3 is 18.0 Å². The maximum absolute atomic E-state index is 14.2. The van der Waals surface area contributed by atoms with Gasteiger partial charge in [-0.25, -0.2) is 9.59 Å². The van der Waals surface area contributed by atoms with Crippen LogP contribution in [0, 0.1) is 5.92 Å². The van der Waals surface area contributed by atoms with E-state index in [0.717, 1.165) is 22.3 Å². The summed E-state index contributed by atoms with van der Waals surface area (Å²) in [6.45, 7) is 2.04. The summed E-state index contributed by atoms with van der Waals surface area (Å²) in [5, 5.41) is 12.8. The summed E-state index contributed by atoms with van der Waals surface area (Å²) >= 11 is 0. The van der Waals surface area contributed by atoms with Crippen LogP contribution >= 0.6 is 0 Å². The van der Waals surface area contributed by atoms with Crippen LogP contribution in [-0.4, -0.2) is 48.2 Å². The molecule has 2 amide bonds. The molecule has 0 aliphatic heterocycles. The first-order valence-corrected chi connectivity index (χ1v) is 10.6. The molecule has 1 aliphatic carbocycles. The van der Waals surface area contributed by atoms with Crippen LogP contribution < -0.4 is 10.6 Å². The van der Waals surface area contributed by atoms with Crippen LogP contribution in [0.1, 0.15) is 37.3 Å². The predicted molar refractivity (Wildman–Crippen MR) is 117 cm³/mol. The number of halogens is 2. The van der Waals surface area contributed by atoms with Crippen molar-refractivity contribution in [3.63, 3.8) is 0 Å². The molecule has 9 heteroatoms. The zero-order chi connectivity index (χ0) is 24.2. The van der Waals surface area contributed by atoms with Crippen LogP contribution in [0.4, 0.5) is 13.6 Å². The fourth-order valence-corrected chi connectivity index (χ4v) is 3.87. The molecule has 7 nitrogen and oxygen atoms in total. The number of aliphatic carboxylic acids is 1. The Labute approximate surface area is 190 Å². The van der Waals surface area contributed by atoms with Gasteiger partial charge in [-0.3, -0.25) is 4.79 Å². The summed E-state index contributed by atoms with van der Waals surface area (Å²) in [6, 6.07) is 13.9. The van der Waals surface area contributed by atoms with Gasteiger partial charge in [0, 0.05) is 5.92 Å². The Morgan fingerprint density at radius 2 is 1.58 bits per heavy atom. The van der Waals surface area contributed by atoms with Crippen molar-refractivity contribution in [1.29, 1.82) is 0 Å². The summed E-state index contributed by atoms with van der Waals surface area (Å²) in [7, 11) is 0. The maximum atomic E-state index is 14.2. The summed E-state index contributed by atoms with van der Waals surface area (Å²) in [5.74, 6) is -7.54. The molecule has 2 aromatic carbocycles. The van der Waals surface area contributed by atoms with Crippen molar-refractivity contribution in [2.75, 3.05) is 13.2 Å². The molecule has 176 valence electrons. The van der Waals surface area contributed by atoms with Crippen molar-refractivity contribution in [2.45, 2.75) is 38.2 Å². The lowest BCUT2D eigenvalue weighted by molar-refractivity contribution is -0.151. The average Bonchev–Trinajstić information content (AvgIpc) is 3.09. The summed E-state index contributed by atoms with van der Waals surface area (Å²) in [6.07, 6.45) is -1.10. The smallest absolute Gasteiger partial charge is 0.407 e. The molecular formula is C24H26F2N2O5. The summed E-state index contributed by atoms with van der Waals surface area (Å²) in [4.78, 5) is 35.2. The standard InChI is InChI=1S/C24H26F2N2O5/c1-14(2)11-20(21(29)30)28-22(31)24(25,26)13-27-23(32)33-12-19-17-9-5-3-7-15(17)16-8-4-6-10-18(16)19/h3-10,14,19-20H,11-13H2,1-2H3,(H,27,32)(H,28,31)(H,29,30)/t20-/m1/s1. The number of carboxylic acid groups (broad SMARTS) is 1. The third-order valence-corrected chi connectivity index (χ3v) is 5.44. The van der Waals surface area contributed by atoms with E-state index >= 15 is 0 Å². The molecule has 0 saturated carbocycles. The van der Waals surface area contributed by atoms with Gasteiger partial charge in [-0.1, -0.05) is 62.4 Å². The van der Waals surface area contributed by atoms with E-state index in [1.165, 1.54) is 0 Å². The number of fused-ring (bicyclic) bond motifs is 3. The van der Waals surface area contributed by atoms with Crippen molar-refractivity contribution in [1.82, 2.24) is 10.6 Å². The highest BCUT2D eigenvalue weighted by atomic mass is 19.3. The topological polar surface area (TPSA) is 105 Å². The minimum absolute atomic E-state index is 0.00302. The molecule has 2 aromatic rings. The van der Waals surface area contributed by atoms with Gasteiger partial charge in [0.15, 0.2) is 0 Å². The van der Waals surface area contributed by atoms with E-state index < -0.39 is 36.5 Å². The Hall–Kier alpha value is -3.49. The number of alkyl halides is 2. The number of hydrogen-bond donors (Lipinski definition) is 3. The first-order chi connectivity index (χ1) is 15.6. The molecule has 0 heterocycles. The van der Waals surface area contributed by atoms with Crippen LogP contribution in [-0.2, 0) is 14.3 Å². The van der Waals surface area contributed by atoms with Crippen molar-refractivity contribution in [3.05, 3.63) is 59.7 Å². The zero-order valence-corrected chi connectivity index (χ0v) is 18.3. The molecule has 0 bridgehead atoms. The van der Waals surface area contributed by atoms with E-state index in [0.29, 0.717) is 0 Å². The first-order valence-electron chi connectivity index (χ1n) is 10.6. The highest BCUT2D eigenvalue weighted by Gasteiger charge is 2.41. The van der Waals surface area contributed by atoms with E-state index in [2.05, 4.69) is 0 Å². The van der Waals surface area contributed by atoms with Crippen molar-refractivity contribution < 1.29 is 33.0 Å². The molecule has 0 spiro atoms. The third-order valence-electron chi connectivity index (χ3n) is 5.44. The van der Waals surface area contributed by atoms with Crippen molar-refractivity contribution >= 4 is 18.0 Å². The lowest BCUT2D eigenvalue weighted by Crippen LogP contribution is -2.53. The number of alkyl carbamates (subject to hydrolysis) is 1. The Kier molecular flexibility index (Phi) is 7.30. The van der Waals surface area contributed by atoms with E-state index in [-0.39, 0.29) is 24.9 Å². The second-order valence-electron chi connectivity index (χ2n) is 8.38. The van der Waals surface area contributed by atoms with Gasteiger partial charge in [0.2, 0.25) is 0 Å². The van der Waals surface area contributed by atoms with Crippen LogP contribution in [0.5, 0.6) is 0 Å². The number of hydrogen-bond acceptors (Lipinski definition) is 4. The average molecular weight is 460 g/mol. The normalized spacial score (nSPS) is 13.7. The van der Waals surface area contributed by atoms with Crippen LogP contribution in [0.2, 0.25) is 0 Å². The summed E-state index contributed by atoms with van der Waals surface area (Å²) in [5.41, 5.74) is 4.00. The lowest BCUT2D eigenvalue weighted by atomic mass is 9.98. The molecule has 0 unspecified atom stereocenters. The Morgan fingerprint density at radius 3 is 2.09 bits per heavy atom. The lowest BCUT2D eigenvalue weighted by Gasteiger charge is -2.21. The van der Waals surface area contributed by atoms with Gasteiger partial charge in [0.25, 0.3) is 5.91 Å². The van der Waals surface area contributed by atoms with Crippen LogP contribution in [0.3, 0.4) is 0 Å². The SMILES string of the molecule is CC(C)C[C@@H](NC(=O)C(F)(F)CNC(=O)OCC1c2ccccc2-c2ccccc21)C(=O)O. The number of amides is 2. The number of carbonyl (C=O) groups is 3. The second-order valence-corrected chi connectivity index (χ2v) is 8.38. The van der Waals surface area contributed by atoms with Crippen molar-refractivity contribution in [2.24, 2.45) is 5.92 Å². The van der Waals surface area contributed by atoms with Gasteiger partial charge in [-0.05, 0) is 34.6 Å². The second kappa shape index (κ2) is 9.97. The number of carbonyl (C=O) groups excluding carboxylic acids is 2. The van der Waals surface area contributed by atoms with Gasteiger partial charge in [-0.2, -0.15) is 8.78 Å². The maximum Gasteiger partial charge on any atom is 0.407 e. The van der Waals surface area contributed by atoms with Crippen LogP contribution in [0.25, 0.3) is 11.1 Å². The first kappa shape index (κ1) is 24.2. The summed E-state index contributed by atoms with van der Waals surface area (Å²) < 4.78 is 33.6. The van der Waals surface area contributed by atoms with E-state index in [9.17, 15) is 23.2 Å². The van der Waals surface area contributed by atoms with E-state index in [4.69, 9.17) is 9.84 Å². The predicted octanol–water partition coefficient (Wildman–Crippen LogP) is 3.78. The minimum Gasteiger partial charge on any atom is -0.480 e. The van der Waals surface area contributed by atoms with E-state index in [1.807, 2.05) is 59.2 Å². The number of benzene rings is 2. The van der Waals surface area contributed by atoms with Gasteiger partial charge in [-0.15, -0.1) is 0 Å². The Morgan fingerprint density at radius 1 is 1.03 bits per heavy atom. The van der Waals surface area contributed by atoms with Crippen molar-refractivity contribution in [3.8, 4) is 11.1 Å². The molecule has 33 heavy (non-hydrogen) atoms. The third kappa shape index (κ3) is 5.66. The monoisotopic (exact) mass is 460 g/mol. The fraction of sp³-hybridized carbons (Fsp3) is 0.375. The molecule has 0 radical (unpaired) electrons. The van der Waals surface area contributed by atoms with Crippen LogP contribution in [0.15, 0.2) is 48.5 Å². The Bertz CT molecular complexity index is 996. The Balaban J connectivity index is 1.56. The molecule has 3 N–H and O–H groups in total. The molecule has 3 rings (SSSR count). The molecule has 0 aromatic heterocycles. The highest BCUT2D eigenvalue weighted by Crippen LogP contribution is 2.44. The minimum atomic E-state index is -4.00. The molecule has 1 aliphatic rings. The fourth-order valence-electron chi connectivity index (χ4n) is 3.87. The number of nitrogens with one attached hydrogen (secondary N) is 2. The number of ether oxygens (including phenoxy) is 1. The quantitative estimate of drug-likeness (QED) is 0.528. The molecule has 0 fully saturated rings. The largest absolute Gasteiger partial charge is 0.480 e. The molecule has 1 atom stereocenters. The molecular weight excluding hydrogens is 434 g/mol. The number of carboxylic acids is 1. The molecule has 0 saturated heterocycles. The van der Waals surface area contributed by atoms with Gasteiger partial charge in [0.1, 0.15) is 12.6 Å². The van der Waals surface area contributed by atoms with Gasteiger partial charge < -0.3 is 20.5 Å².